The van der Waals surface area contributed by atoms with Crippen molar-refractivity contribution >= 4 is 10.0 Å². The van der Waals surface area contributed by atoms with Crippen LogP contribution >= 0.6 is 0 Å². The predicted molar refractivity (Wildman–Crippen MR) is 93.6 cm³/mol. The van der Waals surface area contributed by atoms with Crippen molar-refractivity contribution in [3.63, 3.8) is 0 Å². The maximum Gasteiger partial charge on any atom is 0.240 e. The van der Waals surface area contributed by atoms with Crippen molar-refractivity contribution in [3.05, 3.63) is 47.5 Å². The maximum absolute atomic E-state index is 12.5. The van der Waals surface area contributed by atoms with E-state index in [9.17, 15) is 8.42 Å². The van der Waals surface area contributed by atoms with Crippen LogP contribution in [0.15, 0.2) is 41.3 Å². The first-order valence-corrected chi connectivity index (χ1v) is 9.59. The first-order chi connectivity index (χ1) is 12.0. The van der Waals surface area contributed by atoms with Gasteiger partial charge in [-0.1, -0.05) is 13.0 Å². The summed E-state index contributed by atoms with van der Waals surface area (Å²) in [5.74, 6) is 2.01. The molecule has 1 N–H and O–H groups in total. The minimum Gasteiger partial charge on any atom is -0.493 e. The number of ether oxygens (including phenoxy) is 3. The summed E-state index contributed by atoms with van der Waals surface area (Å²) in [5.41, 5.74) is 1.59. The van der Waals surface area contributed by atoms with Crippen LogP contribution in [0.25, 0.3) is 0 Å². The third-order valence-electron chi connectivity index (χ3n) is 3.82. The van der Waals surface area contributed by atoms with Crippen LogP contribution in [0.3, 0.4) is 0 Å². The lowest BCUT2D eigenvalue weighted by atomic mass is 10.2. The summed E-state index contributed by atoms with van der Waals surface area (Å²) in [7, 11) is -3.61. The van der Waals surface area contributed by atoms with Crippen molar-refractivity contribution < 1.29 is 22.6 Å². The molecule has 0 amide bonds. The lowest BCUT2D eigenvalue weighted by molar-refractivity contribution is 0.174. The van der Waals surface area contributed by atoms with E-state index in [0.29, 0.717) is 23.9 Å². The Hall–Kier alpha value is -2.25. The number of fused-ring (bicyclic) bond motifs is 1. The summed E-state index contributed by atoms with van der Waals surface area (Å²) >= 11 is 0. The van der Waals surface area contributed by atoms with Gasteiger partial charge in [0, 0.05) is 6.54 Å². The van der Waals surface area contributed by atoms with Gasteiger partial charge in [0.15, 0.2) is 11.5 Å². The summed E-state index contributed by atoms with van der Waals surface area (Å²) in [6.45, 7) is 4.83. The van der Waals surface area contributed by atoms with E-state index in [-0.39, 0.29) is 18.2 Å². The number of hydrogen-bond acceptors (Lipinski definition) is 5. The minimum atomic E-state index is -3.61. The van der Waals surface area contributed by atoms with Gasteiger partial charge in [0.1, 0.15) is 5.75 Å². The highest BCUT2D eigenvalue weighted by atomic mass is 32.2. The Balaban J connectivity index is 1.70. The largest absolute Gasteiger partial charge is 0.493 e. The van der Waals surface area contributed by atoms with Crippen molar-refractivity contribution in [1.29, 1.82) is 0 Å². The Labute approximate surface area is 147 Å². The molecule has 0 bridgehead atoms. The van der Waals surface area contributed by atoms with Crippen LogP contribution in [0.5, 0.6) is 17.2 Å². The lowest BCUT2D eigenvalue weighted by Crippen LogP contribution is -2.23. The molecule has 0 unspecified atom stereocenters. The van der Waals surface area contributed by atoms with Crippen LogP contribution in [0.2, 0.25) is 0 Å². The van der Waals surface area contributed by atoms with Gasteiger partial charge in [-0.05, 0) is 54.8 Å². The fourth-order valence-corrected chi connectivity index (χ4v) is 3.58. The van der Waals surface area contributed by atoms with E-state index >= 15 is 0 Å². The van der Waals surface area contributed by atoms with Gasteiger partial charge in [-0.15, -0.1) is 0 Å². The molecular formula is C18H21NO5S. The second kappa shape index (κ2) is 7.33. The lowest BCUT2D eigenvalue weighted by Gasteiger charge is -2.11. The highest BCUT2D eigenvalue weighted by Gasteiger charge is 2.17. The van der Waals surface area contributed by atoms with Crippen LogP contribution in [0, 0.1) is 6.92 Å². The number of sulfonamides is 1. The number of rotatable bonds is 7. The van der Waals surface area contributed by atoms with Gasteiger partial charge >= 0.3 is 0 Å². The summed E-state index contributed by atoms with van der Waals surface area (Å²) in [5, 5.41) is 0. The van der Waals surface area contributed by atoms with Gasteiger partial charge in [0.05, 0.1) is 11.5 Å². The zero-order valence-electron chi connectivity index (χ0n) is 14.2. The van der Waals surface area contributed by atoms with Gasteiger partial charge in [-0.2, -0.15) is 0 Å². The molecule has 0 atom stereocenters. The van der Waals surface area contributed by atoms with Crippen LogP contribution in [0.1, 0.15) is 24.5 Å². The van der Waals surface area contributed by atoms with E-state index in [2.05, 4.69) is 4.72 Å². The molecule has 134 valence electrons. The first-order valence-electron chi connectivity index (χ1n) is 8.11. The van der Waals surface area contributed by atoms with E-state index in [1.54, 1.807) is 30.3 Å². The molecule has 1 aliphatic rings. The van der Waals surface area contributed by atoms with E-state index in [0.717, 1.165) is 17.5 Å². The normalized spacial score (nSPS) is 13.0. The monoisotopic (exact) mass is 363 g/mol. The molecule has 0 spiro atoms. The van der Waals surface area contributed by atoms with Crippen LogP contribution < -0.4 is 18.9 Å². The molecule has 2 aromatic rings. The SMILES string of the molecule is CCCOc1ccc(S(=O)(=O)NCc2ccc3c(c2)OCO3)cc1C. The van der Waals surface area contributed by atoms with E-state index in [1.807, 2.05) is 19.9 Å². The molecule has 1 aliphatic heterocycles. The molecule has 7 heteroatoms. The van der Waals surface area contributed by atoms with Crippen molar-refractivity contribution in [2.24, 2.45) is 0 Å². The molecule has 0 saturated heterocycles. The second-order valence-corrected chi connectivity index (χ2v) is 7.55. The van der Waals surface area contributed by atoms with Gasteiger partial charge in [0.2, 0.25) is 16.8 Å². The van der Waals surface area contributed by atoms with Crippen LogP contribution in [0.4, 0.5) is 0 Å². The van der Waals surface area contributed by atoms with E-state index in [1.165, 1.54) is 0 Å². The number of benzene rings is 2. The zero-order chi connectivity index (χ0) is 17.9. The Kier molecular flexibility index (Phi) is 5.15. The van der Waals surface area contributed by atoms with Crippen molar-refractivity contribution in [2.75, 3.05) is 13.4 Å². The zero-order valence-corrected chi connectivity index (χ0v) is 15.1. The fourth-order valence-electron chi connectivity index (χ4n) is 2.48. The van der Waals surface area contributed by atoms with E-state index in [4.69, 9.17) is 14.2 Å². The maximum atomic E-state index is 12.5. The second-order valence-electron chi connectivity index (χ2n) is 5.79. The molecular weight excluding hydrogens is 342 g/mol. The molecule has 1 heterocycles. The standard InChI is InChI=1S/C18H21NO5S/c1-3-8-22-16-7-5-15(9-13(16)2)25(20,21)19-11-14-4-6-17-18(10-14)24-12-23-17/h4-7,9-10,19H,3,8,11-12H2,1-2H3. The fraction of sp³-hybridized carbons (Fsp3) is 0.333. The molecule has 6 nitrogen and oxygen atoms in total. The summed E-state index contributed by atoms with van der Waals surface area (Å²) < 4.78 is 43.8. The van der Waals surface area contributed by atoms with Gasteiger partial charge < -0.3 is 14.2 Å². The molecule has 0 fully saturated rings. The van der Waals surface area contributed by atoms with Gasteiger partial charge in [-0.3, -0.25) is 0 Å². The Bertz CT molecular complexity index is 864. The number of hydrogen-bond donors (Lipinski definition) is 1. The molecule has 0 aliphatic carbocycles. The van der Waals surface area contributed by atoms with Crippen molar-refractivity contribution in [1.82, 2.24) is 4.72 Å². The Morgan fingerprint density at radius 3 is 2.68 bits per heavy atom. The molecule has 2 aromatic carbocycles. The summed E-state index contributed by atoms with van der Waals surface area (Å²) in [6.07, 6.45) is 0.899. The number of aryl methyl sites for hydroxylation is 1. The van der Waals surface area contributed by atoms with Gasteiger partial charge in [0.25, 0.3) is 0 Å². The topological polar surface area (TPSA) is 73.9 Å². The molecule has 3 rings (SSSR count). The highest BCUT2D eigenvalue weighted by molar-refractivity contribution is 7.89. The minimum absolute atomic E-state index is 0.173. The first kappa shape index (κ1) is 17.6. The third kappa shape index (κ3) is 4.05. The smallest absolute Gasteiger partial charge is 0.240 e. The van der Waals surface area contributed by atoms with Crippen molar-refractivity contribution in [3.8, 4) is 17.2 Å². The van der Waals surface area contributed by atoms with Crippen LogP contribution in [-0.2, 0) is 16.6 Å². The third-order valence-corrected chi connectivity index (χ3v) is 5.22. The number of nitrogens with one attached hydrogen (secondary N) is 1. The van der Waals surface area contributed by atoms with Gasteiger partial charge in [-0.25, -0.2) is 13.1 Å². The highest BCUT2D eigenvalue weighted by Crippen LogP contribution is 2.32. The average Bonchev–Trinajstić information content (AvgIpc) is 3.06. The molecule has 25 heavy (non-hydrogen) atoms. The Morgan fingerprint density at radius 1 is 1.12 bits per heavy atom. The average molecular weight is 363 g/mol. The van der Waals surface area contributed by atoms with Crippen LogP contribution in [-0.4, -0.2) is 21.8 Å². The Morgan fingerprint density at radius 2 is 1.92 bits per heavy atom. The van der Waals surface area contributed by atoms with E-state index < -0.39 is 10.0 Å². The van der Waals surface area contributed by atoms with Crippen molar-refractivity contribution in [2.45, 2.75) is 31.7 Å². The molecule has 0 saturated carbocycles. The predicted octanol–water partition coefficient (Wildman–Crippen LogP) is 2.99. The summed E-state index contributed by atoms with van der Waals surface area (Å²) in [6, 6.07) is 10.2. The molecule has 0 aromatic heterocycles. The summed E-state index contributed by atoms with van der Waals surface area (Å²) in [4.78, 5) is 0.217. The molecule has 0 radical (unpaired) electrons. The quantitative estimate of drug-likeness (QED) is 0.819.